The minimum atomic E-state index is -0.492. The highest BCUT2D eigenvalue weighted by atomic mass is 79.9. The number of rotatable bonds is 5. The largest absolute Gasteiger partial charge is 0.497 e. The van der Waals surface area contributed by atoms with Crippen LogP contribution in [0.3, 0.4) is 0 Å². The fourth-order valence-electron chi connectivity index (χ4n) is 2.69. The van der Waals surface area contributed by atoms with Gasteiger partial charge in [-0.3, -0.25) is 5.43 Å². The number of nitriles is 1. The maximum atomic E-state index is 12.4. The van der Waals surface area contributed by atoms with Crippen molar-refractivity contribution in [1.29, 1.82) is 5.26 Å². The minimum absolute atomic E-state index is 0.106. The number of hydrogen-bond acceptors (Lipinski definition) is 8. The first-order valence-electron chi connectivity index (χ1n) is 8.65. The number of benzene rings is 2. The topological polar surface area (TPSA) is 101 Å². The van der Waals surface area contributed by atoms with Crippen LogP contribution in [-0.2, 0) is 0 Å². The molecule has 0 spiro atoms. The van der Waals surface area contributed by atoms with Crippen molar-refractivity contribution < 1.29 is 9.15 Å². The first kappa shape index (κ1) is 19.8. The Morgan fingerprint density at radius 1 is 1.27 bits per heavy atom. The number of nitrogens with zero attached hydrogens (tertiary/aromatic N) is 3. The third-order valence-electron chi connectivity index (χ3n) is 4.17. The zero-order valence-corrected chi connectivity index (χ0v) is 18.0. The van der Waals surface area contributed by atoms with Gasteiger partial charge in [-0.25, -0.2) is 9.78 Å². The number of thiazole rings is 1. The predicted octanol–water partition coefficient (Wildman–Crippen LogP) is 5.03. The molecule has 0 atom stereocenters. The van der Waals surface area contributed by atoms with E-state index >= 15 is 0 Å². The van der Waals surface area contributed by atoms with Crippen LogP contribution in [0.15, 0.2) is 72.7 Å². The number of methoxy groups -OCH3 is 1. The second-order valence-corrected chi connectivity index (χ2v) is 7.85. The predicted molar refractivity (Wildman–Crippen MR) is 120 cm³/mol. The zero-order valence-electron chi connectivity index (χ0n) is 15.5. The van der Waals surface area contributed by atoms with Gasteiger partial charge in [0.15, 0.2) is 10.7 Å². The van der Waals surface area contributed by atoms with Crippen LogP contribution in [0.4, 0.5) is 5.69 Å². The lowest BCUT2D eigenvalue weighted by atomic mass is 10.1. The summed E-state index contributed by atoms with van der Waals surface area (Å²) in [6, 6.07) is 16.3. The molecule has 0 unspecified atom stereocenters. The highest BCUT2D eigenvalue weighted by molar-refractivity contribution is 9.10. The van der Waals surface area contributed by atoms with Gasteiger partial charge in [0.25, 0.3) is 0 Å². The lowest BCUT2D eigenvalue weighted by molar-refractivity contribution is 0.415. The number of hydrazone groups is 1. The summed E-state index contributed by atoms with van der Waals surface area (Å²) in [6.07, 6.45) is 0. The molecular weight excluding hydrogens is 468 g/mol. The number of hydrogen-bond donors (Lipinski definition) is 1. The molecule has 2 aromatic heterocycles. The third kappa shape index (κ3) is 4.10. The van der Waals surface area contributed by atoms with E-state index in [-0.39, 0.29) is 5.71 Å². The normalized spacial score (nSPS) is 11.3. The molecule has 0 bridgehead atoms. The summed E-state index contributed by atoms with van der Waals surface area (Å²) in [5, 5.41) is 16.5. The Kier molecular flexibility index (Phi) is 5.61. The smallest absolute Gasteiger partial charge is 0.345 e. The van der Waals surface area contributed by atoms with Gasteiger partial charge in [-0.2, -0.15) is 10.4 Å². The molecule has 0 radical (unpaired) electrons. The van der Waals surface area contributed by atoms with Crippen molar-refractivity contribution in [3.05, 3.63) is 73.8 Å². The Morgan fingerprint density at radius 3 is 2.80 bits per heavy atom. The lowest BCUT2D eigenvalue weighted by Gasteiger charge is -2.02. The van der Waals surface area contributed by atoms with Crippen molar-refractivity contribution in [2.45, 2.75) is 0 Å². The molecule has 0 saturated carbocycles. The molecule has 1 N–H and O–H groups in total. The zero-order chi connectivity index (χ0) is 21.1. The highest BCUT2D eigenvalue weighted by Crippen LogP contribution is 2.25. The van der Waals surface area contributed by atoms with Gasteiger partial charge >= 0.3 is 5.63 Å². The maximum Gasteiger partial charge on any atom is 0.345 e. The Hall–Kier alpha value is -3.48. The molecule has 0 fully saturated rings. The highest BCUT2D eigenvalue weighted by Gasteiger charge is 2.15. The summed E-state index contributed by atoms with van der Waals surface area (Å²) in [4.78, 5) is 16.8. The molecule has 9 heteroatoms. The van der Waals surface area contributed by atoms with Gasteiger partial charge in [-0.05, 0) is 48.5 Å². The molecule has 30 heavy (non-hydrogen) atoms. The first-order valence-corrected chi connectivity index (χ1v) is 10.3. The molecular formula is C21H13BrN4O3S. The van der Waals surface area contributed by atoms with Crippen molar-refractivity contribution in [2.24, 2.45) is 5.10 Å². The summed E-state index contributed by atoms with van der Waals surface area (Å²) in [5.41, 5.74) is 4.38. The molecule has 4 rings (SSSR count). The van der Waals surface area contributed by atoms with E-state index in [4.69, 9.17) is 9.15 Å². The van der Waals surface area contributed by atoms with Gasteiger partial charge in [0, 0.05) is 15.2 Å². The number of ether oxygens (including phenoxy) is 1. The molecule has 0 amide bonds. The molecule has 0 aliphatic heterocycles. The number of anilines is 1. The number of fused-ring (bicyclic) bond motifs is 1. The van der Waals surface area contributed by atoms with Crippen LogP contribution in [0.5, 0.6) is 5.75 Å². The fourth-order valence-corrected chi connectivity index (χ4v) is 3.82. The van der Waals surface area contributed by atoms with Gasteiger partial charge < -0.3 is 9.15 Å². The molecule has 0 aliphatic carbocycles. The second kappa shape index (κ2) is 8.49. The van der Waals surface area contributed by atoms with Gasteiger partial charge in [0.2, 0.25) is 0 Å². The van der Waals surface area contributed by atoms with E-state index < -0.39 is 5.63 Å². The number of aromatic nitrogens is 1. The molecule has 7 nitrogen and oxygen atoms in total. The monoisotopic (exact) mass is 480 g/mol. The molecule has 148 valence electrons. The second-order valence-electron chi connectivity index (χ2n) is 6.08. The van der Waals surface area contributed by atoms with Crippen LogP contribution in [0.2, 0.25) is 0 Å². The lowest BCUT2D eigenvalue weighted by Crippen LogP contribution is -2.04. The van der Waals surface area contributed by atoms with Crippen molar-refractivity contribution in [3.63, 3.8) is 0 Å². The van der Waals surface area contributed by atoms with Gasteiger partial charge in [0.1, 0.15) is 17.4 Å². The van der Waals surface area contributed by atoms with E-state index in [0.717, 1.165) is 15.6 Å². The first-order chi connectivity index (χ1) is 14.6. The number of halogens is 1. The molecule has 2 aromatic carbocycles. The number of nitrogens with one attached hydrogen (secondary N) is 1. The van der Waals surface area contributed by atoms with Crippen LogP contribution in [0, 0.1) is 11.3 Å². The molecule has 4 aromatic rings. The van der Waals surface area contributed by atoms with E-state index in [2.05, 4.69) is 31.4 Å². The Balaban J connectivity index is 1.63. The van der Waals surface area contributed by atoms with Crippen LogP contribution in [-0.4, -0.2) is 17.8 Å². The quantitative estimate of drug-likeness (QED) is 0.244. The van der Waals surface area contributed by atoms with E-state index in [9.17, 15) is 10.1 Å². The Bertz CT molecular complexity index is 1350. The Labute approximate surface area is 183 Å². The average molecular weight is 481 g/mol. The summed E-state index contributed by atoms with van der Waals surface area (Å²) >= 11 is 4.63. The van der Waals surface area contributed by atoms with Crippen LogP contribution in [0.25, 0.3) is 22.2 Å². The van der Waals surface area contributed by atoms with E-state index in [1.165, 1.54) is 11.3 Å². The fraction of sp³-hybridized carbons (Fsp3) is 0.0476. The average Bonchev–Trinajstić information content (AvgIpc) is 3.24. The summed E-state index contributed by atoms with van der Waals surface area (Å²) in [6.45, 7) is 0. The standard InChI is InChI=1S/C21H13BrN4O3S/c1-28-15-5-3-14(4-6-15)25-26-17(10-23)20-24-18(11-30-20)16-9-12-8-13(22)2-7-19(12)29-21(16)27/h2-9,11,25H,1H3/b26-17-. The summed E-state index contributed by atoms with van der Waals surface area (Å²) in [7, 11) is 1.59. The van der Waals surface area contributed by atoms with Crippen molar-refractivity contribution in [2.75, 3.05) is 12.5 Å². The van der Waals surface area contributed by atoms with Crippen molar-refractivity contribution in [3.8, 4) is 23.1 Å². The van der Waals surface area contributed by atoms with Gasteiger partial charge in [0.05, 0.1) is 24.1 Å². The minimum Gasteiger partial charge on any atom is -0.497 e. The summed E-state index contributed by atoms with van der Waals surface area (Å²) < 4.78 is 11.4. The van der Waals surface area contributed by atoms with Crippen molar-refractivity contribution >= 4 is 49.6 Å². The summed E-state index contributed by atoms with van der Waals surface area (Å²) in [5.74, 6) is 0.718. The SMILES string of the molecule is COc1ccc(N/N=C(/C#N)c2nc(-c3cc4cc(Br)ccc4oc3=O)cs2)cc1. The third-order valence-corrected chi connectivity index (χ3v) is 5.51. The van der Waals surface area contributed by atoms with E-state index in [1.807, 2.05) is 12.1 Å². The van der Waals surface area contributed by atoms with Crippen LogP contribution < -0.4 is 15.8 Å². The van der Waals surface area contributed by atoms with Gasteiger partial charge in [-0.1, -0.05) is 15.9 Å². The molecule has 2 heterocycles. The van der Waals surface area contributed by atoms with Crippen LogP contribution in [0.1, 0.15) is 5.01 Å². The molecule has 0 saturated heterocycles. The van der Waals surface area contributed by atoms with E-state index in [0.29, 0.717) is 27.5 Å². The molecule has 0 aliphatic rings. The van der Waals surface area contributed by atoms with Gasteiger partial charge in [-0.15, -0.1) is 11.3 Å². The maximum absolute atomic E-state index is 12.4. The Morgan fingerprint density at radius 2 is 2.07 bits per heavy atom. The van der Waals surface area contributed by atoms with Crippen LogP contribution >= 0.6 is 27.3 Å². The van der Waals surface area contributed by atoms with E-state index in [1.54, 1.807) is 55.0 Å². The van der Waals surface area contributed by atoms with Crippen molar-refractivity contribution in [1.82, 2.24) is 4.98 Å².